The van der Waals surface area contributed by atoms with Gasteiger partial charge in [-0.1, -0.05) is 49.4 Å². The highest BCUT2D eigenvalue weighted by Gasteiger charge is 2.28. The van der Waals surface area contributed by atoms with Crippen molar-refractivity contribution in [3.8, 4) is 11.8 Å². The van der Waals surface area contributed by atoms with E-state index >= 15 is 0 Å². The molecule has 0 saturated heterocycles. The second-order valence-corrected chi connectivity index (χ2v) is 9.17. The van der Waals surface area contributed by atoms with E-state index in [9.17, 15) is 4.79 Å². The van der Waals surface area contributed by atoms with E-state index in [4.69, 9.17) is 19.7 Å². The van der Waals surface area contributed by atoms with E-state index in [2.05, 4.69) is 19.1 Å². The quantitative estimate of drug-likeness (QED) is 0.305. The van der Waals surface area contributed by atoms with Gasteiger partial charge in [-0.05, 0) is 77.4 Å². The first kappa shape index (κ1) is 23.3. The standard InChI is InChI=1S/C31H26N2O3/c1-20-15-24(17-21-11-13-25(35-2)14-12-21)30-27(16-20)29(26-5-3-4-6-28(26)33-30)31(34)36-19-23-9-7-22(18-32)8-10-23/h3-14,17,20H,15-16,19H2,1-2H3. The van der Waals surface area contributed by atoms with Crippen molar-refractivity contribution in [2.24, 2.45) is 5.92 Å². The van der Waals surface area contributed by atoms with E-state index in [-0.39, 0.29) is 12.6 Å². The van der Waals surface area contributed by atoms with E-state index in [0.29, 0.717) is 17.0 Å². The largest absolute Gasteiger partial charge is 0.497 e. The molecule has 0 amide bonds. The highest BCUT2D eigenvalue weighted by molar-refractivity contribution is 6.06. The third-order valence-corrected chi connectivity index (χ3v) is 6.53. The lowest BCUT2D eigenvalue weighted by Crippen LogP contribution is -2.19. The lowest BCUT2D eigenvalue weighted by atomic mass is 9.80. The summed E-state index contributed by atoms with van der Waals surface area (Å²) in [6, 6.07) is 24.9. The molecular formula is C31H26N2O3. The maximum absolute atomic E-state index is 13.5. The molecule has 1 atom stereocenters. The van der Waals surface area contributed by atoms with Crippen molar-refractivity contribution in [3.63, 3.8) is 0 Å². The Kier molecular flexibility index (Phi) is 6.51. The number of esters is 1. The second-order valence-electron chi connectivity index (χ2n) is 9.17. The number of methoxy groups -OCH3 is 1. The van der Waals surface area contributed by atoms with Gasteiger partial charge in [-0.2, -0.15) is 5.26 Å². The zero-order chi connectivity index (χ0) is 25.1. The summed E-state index contributed by atoms with van der Waals surface area (Å²) in [5.41, 5.74) is 6.76. The molecule has 1 aromatic heterocycles. The van der Waals surface area contributed by atoms with Crippen LogP contribution in [0.5, 0.6) is 5.75 Å². The molecule has 178 valence electrons. The normalized spacial score (nSPS) is 15.8. The number of fused-ring (bicyclic) bond motifs is 2. The van der Waals surface area contributed by atoms with E-state index in [1.165, 1.54) is 0 Å². The van der Waals surface area contributed by atoms with Crippen LogP contribution in [0, 0.1) is 17.2 Å². The summed E-state index contributed by atoms with van der Waals surface area (Å²) < 4.78 is 11.1. The van der Waals surface area contributed by atoms with Gasteiger partial charge in [0, 0.05) is 5.39 Å². The fourth-order valence-corrected chi connectivity index (χ4v) is 4.77. The van der Waals surface area contributed by atoms with Gasteiger partial charge >= 0.3 is 5.97 Å². The number of benzene rings is 3. The Bertz CT molecular complexity index is 1500. The minimum Gasteiger partial charge on any atom is -0.497 e. The van der Waals surface area contributed by atoms with Crippen LogP contribution in [0.3, 0.4) is 0 Å². The van der Waals surface area contributed by atoms with Gasteiger partial charge in [0.15, 0.2) is 0 Å². The number of nitrogens with zero attached hydrogens (tertiary/aromatic N) is 2. The highest BCUT2D eigenvalue weighted by atomic mass is 16.5. The third kappa shape index (κ3) is 4.71. The van der Waals surface area contributed by atoms with Crippen LogP contribution in [-0.4, -0.2) is 18.1 Å². The maximum Gasteiger partial charge on any atom is 0.339 e. The van der Waals surface area contributed by atoms with Gasteiger partial charge in [0.25, 0.3) is 0 Å². The van der Waals surface area contributed by atoms with Crippen molar-refractivity contribution < 1.29 is 14.3 Å². The van der Waals surface area contributed by atoms with Crippen molar-refractivity contribution in [2.45, 2.75) is 26.4 Å². The molecule has 1 unspecified atom stereocenters. The van der Waals surface area contributed by atoms with Crippen LogP contribution < -0.4 is 4.74 Å². The van der Waals surface area contributed by atoms with Gasteiger partial charge in [0.05, 0.1) is 35.5 Å². The molecule has 0 bridgehead atoms. The molecule has 1 heterocycles. The number of hydrogen-bond acceptors (Lipinski definition) is 5. The van der Waals surface area contributed by atoms with Crippen molar-refractivity contribution in [2.75, 3.05) is 7.11 Å². The Morgan fingerprint density at radius 3 is 2.53 bits per heavy atom. The van der Waals surface area contributed by atoms with E-state index in [0.717, 1.165) is 57.5 Å². The molecule has 1 aliphatic carbocycles. The molecule has 4 aromatic rings. The summed E-state index contributed by atoms with van der Waals surface area (Å²) in [7, 11) is 1.66. The smallest absolute Gasteiger partial charge is 0.339 e. The van der Waals surface area contributed by atoms with Crippen LogP contribution in [0.4, 0.5) is 0 Å². The Morgan fingerprint density at radius 2 is 1.81 bits per heavy atom. The van der Waals surface area contributed by atoms with Gasteiger partial charge < -0.3 is 9.47 Å². The van der Waals surface area contributed by atoms with Crippen LogP contribution in [0.1, 0.15) is 51.7 Å². The number of carbonyl (C=O) groups is 1. The predicted octanol–water partition coefficient (Wildman–Crippen LogP) is 6.59. The molecule has 5 nitrogen and oxygen atoms in total. The average molecular weight is 475 g/mol. The van der Waals surface area contributed by atoms with E-state index in [1.807, 2.05) is 60.7 Å². The number of nitriles is 1. The first-order chi connectivity index (χ1) is 17.6. The van der Waals surface area contributed by atoms with Crippen molar-refractivity contribution in [1.29, 1.82) is 5.26 Å². The third-order valence-electron chi connectivity index (χ3n) is 6.53. The Morgan fingerprint density at radius 1 is 1.06 bits per heavy atom. The number of para-hydroxylation sites is 1. The fourth-order valence-electron chi connectivity index (χ4n) is 4.77. The number of ether oxygens (including phenoxy) is 2. The van der Waals surface area contributed by atoms with Crippen LogP contribution in [0.2, 0.25) is 0 Å². The van der Waals surface area contributed by atoms with Gasteiger partial charge in [-0.25, -0.2) is 9.78 Å². The summed E-state index contributed by atoms with van der Waals surface area (Å²) in [5, 5.41) is 9.82. The first-order valence-corrected chi connectivity index (χ1v) is 12.0. The van der Waals surface area contributed by atoms with Crippen molar-refractivity contribution in [1.82, 2.24) is 4.98 Å². The Balaban J connectivity index is 1.55. The van der Waals surface area contributed by atoms with Gasteiger partial charge in [0.2, 0.25) is 0 Å². The van der Waals surface area contributed by atoms with Crippen LogP contribution >= 0.6 is 0 Å². The minimum atomic E-state index is -0.355. The molecule has 36 heavy (non-hydrogen) atoms. The summed E-state index contributed by atoms with van der Waals surface area (Å²) in [6.07, 6.45) is 3.79. The monoisotopic (exact) mass is 474 g/mol. The summed E-state index contributed by atoms with van der Waals surface area (Å²) in [4.78, 5) is 18.5. The number of aromatic nitrogens is 1. The number of carbonyl (C=O) groups excluding carboxylic acids is 1. The van der Waals surface area contributed by atoms with Gasteiger partial charge in [0.1, 0.15) is 12.4 Å². The average Bonchev–Trinajstić information content (AvgIpc) is 2.91. The molecular weight excluding hydrogens is 448 g/mol. The van der Waals surface area contributed by atoms with Crippen molar-refractivity contribution in [3.05, 3.63) is 106 Å². The minimum absolute atomic E-state index is 0.139. The maximum atomic E-state index is 13.5. The zero-order valence-electron chi connectivity index (χ0n) is 20.3. The number of hydrogen-bond donors (Lipinski definition) is 0. The molecule has 0 saturated carbocycles. The molecule has 5 rings (SSSR count). The Labute approximate surface area is 210 Å². The molecule has 5 heteroatoms. The molecule has 1 aliphatic rings. The lowest BCUT2D eigenvalue weighted by Gasteiger charge is -2.26. The van der Waals surface area contributed by atoms with Crippen LogP contribution in [0.25, 0.3) is 22.6 Å². The molecule has 0 radical (unpaired) electrons. The summed E-state index contributed by atoms with van der Waals surface area (Å²) in [5.74, 6) is 0.813. The summed E-state index contributed by atoms with van der Waals surface area (Å²) >= 11 is 0. The number of rotatable bonds is 5. The first-order valence-electron chi connectivity index (χ1n) is 12.0. The SMILES string of the molecule is COc1ccc(C=C2CC(C)Cc3c2nc2ccccc2c3C(=O)OCc2ccc(C#N)cc2)cc1. The van der Waals surface area contributed by atoms with Crippen LogP contribution in [-0.2, 0) is 17.8 Å². The highest BCUT2D eigenvalue weighted by Crippen LogP contribution is 2.39. The van der Waals surface area contributed by atoms with Gasteiger partial charge in [-0.15, -0.1) is 0 Å². The molecule has 3 aromatic carbocycles. The zero-order valence-corrected chi connectivity index (χ0v) is 20.3. The summed E-state index contributed by atoms with van der Waals surface area (Å²) in [6.45, 7) is 2.34. The lowest BCUT2D eigenvalue weighted by molar-refractivity contribution is 0.0473. The van der Waals surface area contributed by atoms with E-state index < -0.39 is 0 Å². The van der Waals surface area contributed by atoms with Crippen LogP contribution in [0.15, 0.2) is 72.8 Å². The van der Waals surface area contributed by atoms with E-state index in [1.54, 1.807) is 19.2 Å². The molecule has 0 spiro atoms. The Hall–Kier alpha value is -4.43. The second kappa shape index (κ2) is 10.1. The topological polar surface area (TPSA) is 72.2 Å². The molecule has 0 fully saturated rings. The van der Waals surface area contributed by atoms with Crippen molar-refractivity contribution >= 4 is 28.5 Å². The van der Waals surface area contributed by atoms with Gasteiger partial charge in [-0.3, -0.25) is 0 Å². The molecule has 0 aliphatic heterocycles. The predicted molar refractivity (Wildman–Crippen MR) is 140 cm³/mol. The fraction of sp³-hybridized carbons (Fsp3) is 0.194. The number of allylic oxidation sites excluding steroid dienone is 1. The number of pyridine rings is 1. The molecule has 0 N–H and O–H groups in total.